The Labute approximate surface area is 169 Å². The highest BCUT2D eigenvalue weighted by Gasteiger charge is 2.10. The van der Waals surface area contributed by atoms with Gasteiger partial charge in [0, 0.05) is 17.2 Å². The lowest BCUT2D eigenvalue weighted by Crippen LogP contribution is -2.25. The molecule has 3 aromatic carbocycles. The minimum atomic E-state index is -0.403. The third-order valence-electron chi connectivity index (χ3n) is 4.27. The fourth-order valence-corrected chi connectivity index (χ4v) is 2.78. The number of carbonyl (C=O) groups excluding carboxylic acids is 1. The van der Waals surface area contributed by atoms with Gasteiger partial charge in [-0.2, -0.15) is 5.10 Å². The van der Waals surface area contributed by atoms with E-state index < -0.39 is 5.91 Å². The molecule has 29 heavy (non-hydrogen) atoms. The SMILES string of the molecule is COc1ccc(/C(C)=N/NC(=O)COc2ccccc2-c2ccccc2)c(O)c1. The molecule has 0 aliphatic heterocycles. The molecule has 0 bridgehead atoms. The molecule has 0 aliphatic rings. The second-order valence-electron chi connectivity index (χ2n) is 6.27. The Morgan fingerprint density at radius 2 is 1.76 bits per heavy atom. The van der Waals surface area contributed by atoms with Gasteiger partial charge in [0.15, 0.2) is 6.61 Å². The first kappa shape index (κ1) is 19.9. The van der Waals surface area contributed by atoms with Crippen molar-refractivity contribution >= 4 is 11.6 Å². The van der Waals surface area contributed by atoms with Crippen LogP contribution in [0, 0.1) is 0 Å². The van der Waals surface area contributed by atoms with Crippen molar-refractivity contribution in [3.05, 3.63) is 78.4 Å². The summed E-state index contributed by atoms with van der Waals surface area (Å²) in [5.41, 5.74) is 5.32. The summed E-state index contributed by atoms with van der Waals surface area (Å²) in [5.74, 6) is 0.768. The molecule has 0 atom stereocenters. The van der Waals surface area contributed by atoms with Gasteiger partial charge in [-0.1, -0.05) is 48.5 Å². The minimum Gasteiger partial charge on any atom is -0.507 e. The number of carbonyl (C=O) groups is 1. The molecule has 6 heteroatoms. The number of nitrogens with one attached hydrogen (secondary N) is 1. The van der Waals surface area contributed by atoms with Crippen LogP contribution >= 0.6 is 0 Å². The molecule has 1 amide bonds. The third kappa shape index (κ3) is 5.13. The van der Waals surface area contributed by atoms with Crippen LogP contribution in [-0.4, -0.2) is 30.4 Å². The van der Waals surface area contributed by atoms with Crippen LogP contribution in [-0.2, 0) is 4.79 Å². The molecule has 0 heterocycles. The zero-order valence-electron chi connectivity index (χ0n) is 16.3. The Hall–Kier alpha value is -3.80. The molecular formula is C23H22N2O4. The Morgan fingerprint density at radius 3 is 2.48 bits per heavy atom. The standard InChI is InChI=1S/C23H22N2O4/c1-16(19-13-12-18(28-2)14-21(19)26)24-25-23(27)15-29-22-11-7-6-10-20(22)17-8-4-3-5-9-17/h3-14,26H,15H2,1-2H3,(H,25,27)/b24-16+. The third-order valence-corrected chi connectivity index (χ3v) is 4.27. The second kappa shape index (κ2) is 9.41. The monoisotopic (exact) mass is 390 g/mol. The van der Waals surface area contributed by atoms with Crippen LogP contribution in [0.25, 0.3) is 11.1 Å². The summed E-state index contributed by atoms with van der Waals surface area (Å²) in [4.78, 5) is 12.2. The molecule has 3 rings (SSSR count). The van der Waals surface area contributed by atoms with E-state index in [9.17, 15) is 9.90 Å². The Balaban J connectivity index is 1.63. The van der Waals surface area contributed by atoms with Crippen LogP contribution in [0.3, 0.4) is 0 Å². The van der Waals surface area contributed by atoms with E-state index in [4.69, 9.17) is 9.47 Å². The summed E-state index contributed by atoms with van der Waals surface area (Å²) < 4.78 is 10.8. The highest BCUT2D eigenvalue weighted by atomic mass is 16.5. The summed E-state index contributed by atoms with van der Waals surface area (Å²) in [6.07, 6.45) is 0. The van der Waals surface area contributed by atoms with E-state index >= 15 is 0 Å². The van der Waals surface area contributed by atoms with Crippen molar-refractivity contribution in [2.75, 3.05) is 13.7 Å². The number of hydrogen-bond donors (Lipinski definition) is 2. The van der Waals surface area contributed by atoms with Crippen LogP contribution in [0.1, 0.15) is 12.5 Å². The molecule has 3 aromatic rings. The molecule has 0 saturated heterocycles. The zero-order valence-corrected chi connectivity index (χ0v) is 16.3. The first-order valence-corrected chi connectivity index (χ1v) is 9.06. The van der Waals surface area contributed by atoms with Crippen molar-refractivity contribution in [3.8, 4) is 28.4 Å². The quantitative estimate of drug-likeness (QED) is 0.472. The number of rotatable bonds is 7. The maximum Gasteiger partial charge on any atom is 0.277 e. The van der Waals surface area contributed by atoms with E-state index in [0.29, 0.717) is 22.8 Å². The van der Waals surface area contributed by atoms with Gasteiger partial charge in [-0.05, 0) is 30.7 Å². The number of amides is 1. The smallest absolute Gasteiger partial charge is 0.277 e. The number of hydrogen-bond acceptors (Lipinski definition) is 5. The number of methoxy groups -OCH3 is 1. The maximum absolute atomic E-state index is 12.2. The van der Waals surface area contributed by atoms with Crippen LogP contribution in [0.2, 0.25) is 0 Å². The summed E-state index contributed by atoms with van der Waals surface area (Å²) >= 11 is 0. The Bertz CT molecular complexity index is 1020. The van der Waals surface area contributed by atoms with Crippen molar-refractivity contribution in [3.63, 3.8) is 0 Å². The van der Waals surface area contributed by atoms with Gasteiger partial charge in [0.25, 0.3) is 5.91 Å². The summed E-state index contributed by atoms with van der Waals surface area (Å²) in [6, 6.07) is 22.2. The van der Waals surface area contributed by atoms with Gasteiger partial charge in [-0.25, -0.2) is 5.43 Å². The van der Waals surface area contributed by atoms with E-state index in [1.165, 1.54) is 13.2 Å². The average Bonchev–Trinajstić information content (AvgIpc) is 2.76. The van der Waals surface area contributed by atoms with E-state index in [-0.39, 0.29) is 12.4 Å². The number of benzene rings is 3. The largest absolute Gasteiger partial charge is 0.507 e. The molecule has 0 radical (unpaired) electrons. The molecule has 148 valence electrons. The van der Waals surface area contributed by atoms with Crippen molar-refractivity contribution in [1.82, 2.24) is 5.43 Å². The summed E-state index contributed by atoms with van der Waals surface area (Å²) in [5, 5.41) is 14.1. The number of para-hydroxylation sites is 1. The van der Waals surface area contributed by atoms with E-state index in [1.54, 1.807) is 19.1 Å². The molecule has 2 N–H and O–H groups in total. The van der Waals surface area contributed by atoms with Gasteiger partial charge in [0.1, 0.15) is 17.2 Å². The number of phenols is 1. The number of phenolic OH excluding ortho intramolecular Hbond substituents is 1. The van der Waals surface area contributed by atoms with Crippen molar-refractivity contribution in [1.29, 1.82) is 0 Å². The van der Waals surface area contributed by atoms with Crippen LogP contribution in [0.4, 0.5) is 0 Å². The lowest BCUT2D eigenvalue weighted by molar-refractivity contribution is -0.123. The first-order valence-electron chi connectivity index (χ1n) is 9.06. The lowest BCUT2D eigenvalue weighted by atomic mass is 10.1. The fraction of sp³-hybridized carbons (Fsp3) is 0.130. The molecule has 0 unspecified atom stereocenters. The van der Waals surface area contributed by atoms with Crippen LogP contribution < -0.4 is 14.9 Å². The Morgan fingerprint density at radius 1 is 1.03 bits per heavy atom. The Kier molecular flexibility index (Phi) is 6.47. The zero-order chi connectivity index (χ0) is 20.6. The molecule has 0 spiro atoms. The molecular weight excluding hydrogens is 368 g/mol. The van der Waals surface area contributed by atoms with Gasteiger partial charge in [-0.15, -0.1) is 0 Å². The van der Waals surface area contributed by atoms with Crippen molar-refractivity contribution in [2.24, 2.45) is 5.10 Å². The van der Waals surface area contributed by atoms with E-state index in [1.807, 2.05) is 54.6 Å². The minimum absolute atomic E-state index is 0.0212. The molecule has 0 aromatic heterocycles. The predicted octanol–water partition coefficient (Wildman–Crippen LogP) is 3.99. The van der Waals surface area contributed by atoms with Gasteiger partial charge in [0.2, 0.25) is 0 Å². The van der Waals surface area contributed by atoms with E-state index in [0.717, 1.165) is 11.1 Å². The van der Waals surface area contributed by atoms with Crippen molar-refractivity contribution < 1.29 is 19.4 Å². The number of ether oxygens (including phenoxy) is 2. The normalized spacial score (nSPS) is 11.0. The van der Waals surface area contributed by atoms with Crippen molar-refractivity contribution in [2.45, 2.75) is 6.92 Å². The van der Waals surface area contributed by atoms with Gasteiger partial charge >= 0.3 is 0 Å². The lowest BCUT2D eigenvalue weighted by Gasteiger charge is -2.11. The van der Waals surface area contributed by atoms with Gasteiger partial charge in [-0.3, -0.25) is 4.79 Å². The molecule has 0 fully saturated rings. The average molecular weight is 390 g/mol. The predicted molar refractivity (Wildman–Crippen MR) is 112 cm³/mol. The fourth-order valence-electron chi connectivity index (χ4n) is 2.78. The number of aromatic hydroxyl groups is 1. The summed E-state index contributed by atoms with van der Waals surface area (Å²) in [7, 11) is 1.52. The highest BCUT2D eigenvalue weighted by Crippen LogP contribution is 2.29. The molecule has 0 aliphatic carbocycles. The van der Waals surface area contributed by atoms with Crippen LogP contribution in [0.5, 0.6) is 17.2 Å². The number of nitrogens with zero attached hydrogens (tertiary/aromatic N) is 1. The molecule has 6 nitrogen and oxygen atoms in total. The number of hydrazone groups is 1. The van der Waals surface area contributed by atoms with Crippen LogP contribution in [0.15, 0.2) is 77.9 Å². The van der Waals surface area contributed by atoms with Gasteiger partial charge in [0.05, 0.1) is 12.8 Å². The topological polar surface area (TPSA) is 80.2 Å². The maximum atomic E-state index is 12.2. The van der Waals surface area contributed by atoms with Gasteiger partial charge < -0.3 is 14.6 Å². The second-order valence-corrected chi connectivity index (χ2v) is 6.27. The molecule has 0 saturated carbocycles. The summed E-state index contributed by atoms with van der Waals surface area (Å²) in [6.45, 7) is 1.50. The van der Waals surface area contributed by atoms with E-state index in [2.05, 4.69) is 10.5 Å². The highest BCUT2D eigenvalue weighted by molar-refractivity contribution is 6.01. The first-order chi connectivity index (χ1) is 14.1.